The van der Waals surface area contributed by atoms with Gasteiger partial charge in [0.2, 0.25) is 0 Å². The number of aryl methyl sites for hydroxylation is 2. The Labute approximate surface area is 128 Å². The summed E-state index contributed by atoms with van der Waals surface area (Å²) in [5.74, 6) is 0. The smallest absolute Gasteiger partial charge is 0.0847 e. The van der Waals surface area contributed by atoms with E-state index >= 15 is 0 Å². The van der Waals surface area contributed by atoms with E-state index in [1.807, 2.05) is 18.7 Å². The van der Waals surface area contributed by atoms with E-state index in [2.05, 4.69) is 50.2 Å². The Morgan fingerprint density at radius 3 is 2.40 bits per heavy atom. The fourth-order valence-electron chi connectivity index (χ4n) is 2.30. The summed E-state index contributed by atoms with van der Waals surface area (Å²) in [6.07, 6.45) is 2.00. The second-order valence-corrected chi connectivity index (χ2v) is 6.61. The van der Waals surface area contributed by atoms with E-state index in [1.165, 1.54) is 0 Å². The lowest BCUT2D eigenvalue weighted by Crippen LogP contribution is -2.56. The first kappa shape index (κ1) is 17.5. The number of hydrogen-bond acceptors (Lipinski definition) is 3. The van der Waals surface area contributed by atoms with E-state index in [4.69, 9.17) is 11.6 Å². The molecule has 20 heavy (non-hydrogen) atoms. The van der Waals surface area contributed by atoms with Crippen molar-refractivity contribution in [1.82, 2.24) is 20.0 Å². The molecule has 116 valence electrons. The molecule has 0 bridgehead atoms. The van der Waals surface area contributed by atoms with Gasteiger partial charge in [-0.15, -0.1) is 0 Å². The normalized spacial score (nSPS) is 14.1. The van der Waals surface area contributed by atoms with Crippen LogP contribution in [0.5, 0.6) is 0 Å². The quantitative estimate of drug-likeness (QED) is 0.840. The molecule has 1 heterocycles. The Hall–Kier alpha value is -0.580. The molecule has 1 N–H and O–H groups in total. The SMILES string of the molecule is CCCNC(Cc1c(Cl)c(C)nn1C)C(C)(C)N(C)C. The minimum Gasteiger partial charge on any atom is -0.312 e. The van der Waals surface area contributed by atoms with Crippen molar-refractivity contribution in [3.05, 3.63) is 16.4 Å². The zero-order chi connectivity index (χ0) is 15.5. The predicted molar refractivity (Wildman–Crippen MR) is 86.5 cm³/mol. The molecule has 0 saturated carbocycles. The minimum absolute atomic E-state index is 0.0384. The number of hydrogen-bond donors (Lipinski definition) is 1. The molecule has 0 radical (unpaired) electrons. The van der Waals surface area contributed by atoms with Gasteiger partial charge in [-0.3, -0.25) is 4.68 Å². The maximum Gasteiger partial charge on any atom is 0.0847 e. The third kappa shape index (κ3) is 3.74. The van der Waals surface area contributed by atoms with Gasteiger partial charge in [0.05, 0.1) is 16.4 Å². The van der Waals surface area contributed by atoms with Crippen LogP contribution in [-0.4, -0.2) is 46.9 Å². The number of nitrogens with zero attached hydrogens (tertiary/aromatic N) is 3. The highest BCUT2D eigenvalue weighted by Crippen LogP contribution is 2.25. The summed E-state index contributed by atoms with van der Waals surface area (Å²) >= 11 is 6.40. The van der Waals surface area contributed by atoms with Gasteiger partial charge in [-0.1, -0.05) is 18.5 Å². The topological polar surface area (TPSA) is 33.1 Å². The Morgan fingerprint density at radius 2 is 2.00 bits per heavy atom. The number of nitrogens with one attached hydrogen (secondary N) is 1. The molecular formula is C15H29ClN4. The second-order valence-electron chi connectivity index (χ2n) is 6.23. The first-order valence-corrected chi connectivity index (χ1v) is 7.68. The summed E-state index contributed by atoms with van der Waals surface area (Å²) < 4.78 is 1.91. The molecule has 1 rings (SSSR count). The Morgan fingerprint density at radius 1 is 1.40 bits per heavy atom. The molecule has 4 nitrogen and oxygen atoms in total. The van der Waals surface area contributed by atoms with Crippen LogP contribution in [0.15, 0.2) is 0 Å². The van der Waals surface area contributed by atoms with Gasteiger partial charge in [-0.05, 0) is 47.8 Å². The first-order chi connectivity index (χ1) is 9.21. The molecule has 5 heteroatoms. The number of aromatic nitrogens is 2. The Kier molecular flexibility index (Phi) is 6.05. The number of halogens is 1. The van der Waals surface area contributed by atoms with Crippen LogP contribution in [0, 0.1) is 6.92 Å². The van der Waals surface area contributed by atoms with Gasteiger partial charge < -0.3 is 10.2 Å². The average Bonchev–Trinajstić information content (AvgIpc) is 2.59. The molecule has 1 unspecified atom stereocenters. The standard InChI is InChI=1S/C15H29ClN4/c1-8-9-17-13(15(3,4)19(5)6)10-12-14(16)11(2)18-20(12)7/h13,17H,8-10H2,1-7H3. The average molecular weight is 301 g/mol. The molecular weight excluding hydrogens is 272 g/mol. The summed E-state index contributed by atoms with van der Waals surface area (Å²) in [5, 5.41) is 8.87. The van der Waals surface area contributed by atoms with Crippen molar-refractivity contribution in [2.75, 3.05) is 20.6 Å². The summed E-state index contributed by atoms with van der Waals surface area (Å²) in [6, 6.07) is 0.324. The lowest BCUT2D eigenvalue weighted by molar-refractivity contribution is 0.136. The fourth-order valence-corrected chi connectivity index (χ4v) is 2.53. The van der Waals surface area contributed by atoms with Crippen LogP contribution in [0.4, 0.5) is 0 Å². The molecule has 0 aliphatic carbocycles. The molecule has 0 amide bonds. The summed E-state index contributed by atoms with van der Waals surface area (Å²) in [5.41, 5.74) is 2.05. The monoisotopic (exact) mass is 300 g/mol. The highest BCUT2D eigenvalue weighted by atomic mass is 35.5. The maximum absolute atomic E-state index is 6.40. The third-order valence-corrected chi connectivity index (χ3v) is 4.80. The fraction of sp³-hybridized carbons (Fsp3) is 0.800. The van der Waals surface area contributed by atoms with Crippen molar-refractivity contribution >= 4 is 11.6 Å². The van der Waals surface area contributed by atoms with Crippen molar-refractivity contribution in [2.24, 2.45) is 7.05 Å². The van der Waals surface area contributed by atoms with E-state index in [-0.39, 0.29) is 5.54 Å². The van der Waals surface area contributed by atoms with Gasteiger partial charge in [-0.25, -0.2) is 0 Å². The number of rotatable bonds is 7. The van der Waals surface area contributed by atoms with Crippen LogP contribution in [0.3, 0.4) is 0 Å². The van der Waals surface area contributed by atoms with Crippen molar-refractivity contribution in [3.8, 4) is 0 Å². The maximum atomic E-state index is 6.40. The minimum atomic E-state index is 0.0384. The summed E-state index contributed by atoms with van der Waals surface area (Å²) in [7, 11) is 6.21. The Balaban J connectivity index is 3.00. The van der Waals surface area contributed by atoms with Crippen LogP contribution >= 0.6 is 11.6 Å². The zero-order valence-electron chi connectivity index (χ0n) is 13.9. The van der Waals surface area contributed by atoms with E-state index in [9.17, 15) is 0 Å². The van der Waals surface area contributed by atoms with Gasteiger partial charge in [0.15, 0.2) is 0 Å². The zero-order valence-corrected chi connectivity index (χ0v) is 14.7. The van der Waals surface area contributed by atoms with E-state index in [0.29, 0.717) is 6.04 Å². The van der Waals surface area contributed by atoms with Crippen LogP contribution < -0.4 is 5.32 Å². The van der Waals surface area contributed by atoms with Crippen LogP contribution in [0.25, 0.3) is 0 Å². The molecule has 0 saturated heterocycles. The third-order valence-electron chi connectivity index (χ3n) is 4.31. The Bertz CT molecular complexity index is 437. The highest BCUT2D eigenvalue weighted by molar-refractivity contribution is 6.31. The van der Waals surface area contributed by atoms with E-state index in [0.717, 1.165) is 35.8 Å². The van der Waals surface area contributed by atoms with Crippen molar-refractivity contribution in [2.45, 2.75) is 52.1 Å². The molecule has 0 aromatic carbocycles. The molecule has 0 spiro atoms. The van der Waals surface area contributed by atoms with Gasteiger partial charge in [0.1, 0.15) is 0 Å². The van der Waals surface area contributed by atoms with E-state index < -0.39 is 0 Å². The predicted octanol–water partition coefficient (Wildman–Crippen LogP) is 2.63. The van der Waals surface area contributed by atoms with E-state index in [1.54, 1.807) is 0 Å². The second kappa shape index (κ2) is 6.92. The van der Waals surface area contributed by atoms with Crippen LogP contribution in [0.1, 0.15) is 38.6 Å². The van der Waals surface area contributed by atoms with Crippen molar-refractivity contribution in [3.63, 3.8) is 0 Å². The van der Waals surface area contributed by atoms with Crippen LogP contribution in [0.2, 0.25) is 5.02 Å². The first-order valence-electron chi connectivity index (χ1n) is 7.30. The summed E-state index contributed by atoms with van der Waals surface area (Å²) in [4.78, 5) is 2.26. The molecule has 1 aromatic rings. The molecule has 0 aliphatic heterocycles. The van der Waals surface area contributed by atoms with Gasteiger partial charge in [0, 0.05) is 25.0 Å². The van der Waals surface area contributed by atoms with Crippen molar-refractivity contribution < 1.29 is 0 Å². The number of likely N-dealkylation sites (N-methyl/N-ethyl adjacent to an activating group) is 1. The molecule has 0 fully saturated rings. The van der Waals surface area contributed by atoms with Gasteiger partial charge in [-0.2, -0.15) is 5.10 Å². The van der Waals surface area contributed by atoms with Gasteiger partial charge >= 0.3 is 0 Å². The molecule has 1 atom stereocenters. The highest BCUT2D eigenvalue weighted by Gasteiger charge is 2.32. The molecule has 0 aliphatic rings. The molecule has 1 aromatic heterocycles. The van der Waals surface area contributed by atoms with Gasteiger partial charge in [0.25, 0.3) is 0 Å². The van der Waals surface area contributed by atoms with Crippen molar-refractivity contribution in [1.29, 1.82) is 0 Å². The lowest BCUT2D eigenvalue weighted by atomic mass is 9.89. The largest absolute Gasteiger partial charge is 0.312 e. The van der Waals surface area contributed by atoms with Crippen LogP contribution in [-0.2, 0) is 13.5 Å². The lowest BCUT2D eigenvalue weighted by Gasteiger charge is -2.41. The summed E-state index contributed by atoms with van der Waals surface area (Å²) in [6.45, 7) is 9.68.